The molecular formula is C10H8FNO3. The largest absolute Gasteiger partial charge is 0.375 e. The Labute approximate surface area is 84.7 Å². The van der Waals surface area contributed by atoms with E-state index in [4.69, 9.17) is 0 Å². The number of halogens is 1. The highest BCUT2D eigenvalue weighted by atomic mass is 19.1. The van der Waals surface area contributed by atoms with E-state index < -0.39 is 17.3 Å². The molecule has 1 heterocycles. The number of aliphatic hydroxyl groups is 1. The third-order valence-corrected chi connectivity index (χ3v) is 2.43. The van der Waals surface area contributed by atoms with Crippen molar-refractivity contribution in [1.29, 1.82) is 0 Å². The summed E-state index contributed by atoms with van der Waals surface area (Å²) in [5.41, 5.74) is -1.48. The molecule has 1 aliphatic rings. The summed E-state index contributed by atoms with van der Waals surface area (Å²) in [7, 11) is 0. The Morgan fingerprint density at radius 3 is 2.93 bits per heavy atom. The fraction of sp³-hybridized carbons (Fsp3) is 0.200. The van der Waals surface area contributed by atoms with Crippen molar-refractivity contribution in [2.75, 3.05) is 5.32 Å². The van der Waals surface area contributed by atoms with Crippen molar-refractivity contribution in [1.82, 2.24) is 0 Å². The summed E-state index contributed by atoms with van der Waals surface area (Å²) in [6.07, 6.45) is 0.0505. The first-order valence-electron chi connectivity index (χ1n) is 4.35. The number of hydrogen-bond donors (Lipinski definition) is 2. The van der Waals surface area contributed by atoms with Crippen LogP contribution in [0.2, 0.25) is 0 Å². The summed E-state index contributed by atoms with van der Waals surface area (Å²) < 4.78 is 12.9. The molecule has 0 aliphatic carbocycles. The summed E-state index contributed by atoms with van der Waals surface area (Å²) in [6.45, 7) is 0. The lowest BCUT2D eigenvalue weighted by Crippen LogP contribution is -2.34. The number of carbonyl (C=O) groups excluding carboxylic acids is 2. The number of fused-ring (bicyclic) bond motifs is 1. The van der Waals surface area contributed by atoms with E-state index >= 15 is 0 Å². The first-order valence-corrected chi connectivity index (χ1v) is 4.35. The fourth-order valence-electron chi connectivity index (χ4n) is 1.64. The van der Waals surface area contributed by atoms with Gasteiger partial charge >= 0.3 is 0 Å². The maximum atomic E-state index is 12.9. The molecule has 0 saturated heterocycles. The molecule has 0 bridgehead atoms. The normalized spacial score (nSPS) is 23.5. The predicted molar refractivity (Wildman–Crippen MR) is 49.6 cm³/mol. The zero-order chi connectivity index (χ0) is 11.1. The second-order valence-electron chi connectivity index (χ2n) is 3.38. The van der Waals surface area contributed by atoms with E-state index in [2.05, 4.69) is 5.32 Å². The molecule has 1 aromatic rings. The standard InChI is InChI=1S/C10H8FNO3/c11-6-1-2-8-7(5-6)10(15,3-4-13)9(14)12-8/h1-2,4-5,15H,3H2,(H,12,14)/t10-/m1/s1. The number of benzene rings is 1. The zero-order valence-electron chi connectivity index (χ0n) is 7.66. The summed E-state index contributed by atoms with van der Waals surface area (Å²) in [4.78, 5) is 21.8. The van der Waals surface area contributed by atoms with Crippen LogP contribution in [-0.2, 0) is 15.2 Å². The average molecular weight is 209 g/mol. The molecule has 4 nitrogen and oxygen atoms in total. The van der Waals surface area contributed by atoms with E-state index in [0.29, 0.717) is 12.0 Å². The Morgan fingerprint density at radius 1 is 1.53 bits per heavy atom. The van der Waals surface area contributed by atoms with E-state index in [1.807, 2.05) is 0 Å². The molecule has 15 heavy (non-hydrogen) atoms. The number of amides is 1. The van der Waals surface area contributed by atoms with Gasteiger partial charge in [-0.25, -0.2) is 4.39 Å². The van der Waals surface area contributed by atoms with Crippen molar-refractivity contribution in [3.8, 4) is 0 Å². The van der Waals surface area contributed by atoms with Gasteiger partial charge in [0.25, 0.3) is 5.91 Å². The van der Waals surface area contributed by atoms with Gasteiger partial charge in [-0.3, -0.25) is 4.79 Å². The Balaban J connectivity index is 2.57. The maximum Gasteiger partial charge on any atom is 0.261 e. The Morgan fingerprint density at radius 2 is 2.27 bits per heavy atom. The number of nitrogens with one attached hydrogen (secondary N) is 1. The average Bonchev–Trinajstić information content (AvgIpc) is 2.42. The van der Waals surface area contributed by atoms with E-state index in [1.165, 1.54) is 12.1 Å². The van der Waals surface area contributed by atoms with Gasteiger partial charge in [0.1, 0.15) is 12.1 Å². The summed E-state index contributed by atoms with van der Waals surface area (Å²) in [6, 6.07) is 3.58. The number of anilines is 1. The van der Waals surface area contributed by atoms with Crippen LogP contribution in [0.25, 0.3) is 0 Å². The summed E-state index contributed by atoms with van der Waals surface area (Å²) in [5, 5.41) is 12.3. The molecule has 0 aromatic heterocycles. The number of hydrogen-bond acceptors (Lipinski definition) is 3. The van der Waals surface area contributed by atoms with Gasteiger partial charge in [0.05, 0.1) is 0 Å². The van der Waals surface area contributed by atoms with Crippen molar-refractivity contribution < 1.29 is 19.1 Å². The second kappa shape index (κ2) is 3.13. The smallest absolute Gasteiger partial charge is 0.261 e. The number of aldehydes is 1. The van der Waals surface area contributed by atoms with E-state index in [0.717, 1.165) is 6.07 Å². The molecule has 5 heteroatoms. The quantitative estimate of drug-likeness (QED) is 0.699. The van der Waals surface area contributed by atoms with Crippen LogP contribution < -0.4 is 5.32 Å². The van der Waals surface area contributed by atoms with Crippen LogP contribution in [0.1, 0.15) is 12.0 Å². The topological polar surface area (TPSA) is 66.4 Å². The fourth-order valence-corrected chi connectivity index (χ4v) is 1.64. The highest BCUT2D eigenvalue weighted by Gasteiger charge is 2.45. The number of rotatable bonds is 2. The summed E-state index contributed by atoms with van der Waals surface area (Å²) in [5.74, 6) is -1.26. The van der Waals surface area contributed by atoms with Crippen LogP contribution in [-0.4, -0.2) is 17.3 Å². The van der Waals surface area contributed by atoms with E-state index in [9.17, 15) is 19.1 Å². The minimum Gasteiger partial charge on any atom is -0.375 e. The molecule has 1 aromatic carbocycles. The van der Waals surface area contributed by atoms with Gasteiger partial charge in [-0.2, -0.15) is 0 Å². The van der Waals surface area contributed by atoms with Crippen LogP contribution >= 0.6 is 0 Å². The van der Waals surface area contributed by atoms with Gasteiger partial charge in [-0.05, 0) is 18.2 Å². The molecule has 0 unspecified atom stereocenters. The molecule has 0 saturated carbocycles. The first kappa shape index (κ1) is 9.79. The molecule has 0 radical (unpaired) electrons. The van der Waals surface area contributed by atoms with Crippen LogP contribution in [0.4, 0.5) is 10.1 Å². The molecule has 1 atom stereocenters. The Bertz CT molecular complexity index is 446. The minimum absolute atomic E-state index is 0.111. The molecule has 1 aliphatic heterocycles. The monoisotopic (exact) mass is 209 g/mol. The lowest BCUT2D eigenvalue weighted by molar-refractivity contribution is -0.136. The zero-order valence-corrected chi connectivity index (χ0v) is 7.66. The van der Waals surface area contributed by atoms with Crippen LogP contribution in [0.3, 0.4) is 0 Å². The molecule has 78 valence electrons. The molecule has 2 rings (SSSR count). The van der Waals surface area contributed by atoms with Crippen LogP contribution in [0.15, 0.2) is 18.2 Å². The molecule has 2 N–H and O–H groups in total. The minimum atomic E-state index is -1.93. The molecule has 0 spiro atoms. The highest BCUT2D eigenvalue weighted by molar-refractivity contribution is 6.05. The van der Waals surface area contributed by atoms with E-state index in [-0.39, 0.29) is 12.0 Å². The molecular weight excluding hydrogens is 201 g/mol. The van der Waals surface area contributed by atoms with Crippen molar-refractivity contribution in [2.24, 2.45) is 0 Å². The van der Waals surface area contributed by atoms with Crippen molar-refractivity contribution in [3.05, 3.63) is 29.6 Å². The van der Waals surface area contributed by atoms with Crippen molar-refractivity contribution in [3.63, 3.8) is 0 Å². The third-order valence-electron chi connectivity index (χ3n) is 2.43. The van der Waals surface area contributed by atoms with E-state index in [1.54, 1.807) is 0 Å². The highest BCUT2D eigenvalue weighted by Crippen LogP contribution is 2.37. The van der Waals surface area contributed by atoms with Gasteiger partial charge < -0.3 is 15.2 Å². The lowest BCUT2D eigenvalue weighted by atomic mass is 9.92. The first-order chi connectivity index (χ1) is 7.08. The van der Waals surface area contributed by atoms with Crippen molar-refractivity contribution in [2.45, 2.75) is 12.0 Å². The summed E-state index contributed by atoms with van der Waals surface area (Å²) >= 11 is 0. The molecule has 0 fully saturated rings. The Kier molecular flexibility index (Phi) is 2.04. The van der Waals surface area contributed by atoms with Crippen molar-refractivity contribution >= 4 is 17.9 Å². The second-order valence-corrected chi connectivity index (χ2v) is 3.38. The van der Waals surface area contributed by atoms with Gasteiger partial charge in [-0.1, -0.05) is 0 Å². The van der Waals surface area contributed by atoms with Crippen LogP contribution in [0.5, 0.6) is 0 Å². The lowest BCUT2D eigenvalue weighted by Gasteiger charge is -2.17. The van der Waals surface area contributed by atoms with Crippen LogP contribution in [0, 0.1) is 5.82 Å². The van der Waals surface area contributed by atoms with Gasteiger partial charge in [0.2, 0.25) is 0 Å². The van der Waals surface area contributed by atoms with Gasteiger partial charge in [0, 0.05) is 17.7 Å². The number of carbonyl (C=O) groups is 2. The van der Waals surface area contributed by atoms with Gasteiger partial charge in [-0.15, -0.1) is 0 Å². The third kappa shape index (κ3) is 1.32. The SMILES string of the molecule is O=CC[C@]1(O)C(=O)Nc2ccc(F)cc21. The Hall–Kier alpha value is -1.75. The maximum absolute atomic E-state index is 12.9. The van der Waals surface area contributed by atoms with Gasteiger partial charge in [0.15, 0.2) is 5.60 Å². The predicted octanol–water partition coefficient (Wildman–Crippen LogP) is 0.554. The molecule has 1 amide bonds.